The van der Waals surface area contributed by atoms with Gasteiger partial charge in [0.2, 0.25) is 0 Å². The van der Waals surface area contributed by atoms with Crippen LogP contribution >= 0.6 is 0 Å². The lowest BCUT2D eigenvalue weighted by Gasteiger charge is -2.19. The molecule has 20 heavy (non-hydrogen) atoms. The molecule has 0 unspecified atom stereocenters. The van der Waals surface area contributed by atoms with E-state index in [-0.39, 0.29) is 6.03 Å². The van der Waals surface area contributed by atoms with Crippen LogP contribution in [0.2, 0.25) is 0 Å². The van der Waals surface area contributed by atoms with Gasteiger partial charge >= 0.3 is 6.03 Å². The molecule has 0 atom stereocenters. The normalized spacial score (nSPS) is 8.70. The lowest BCUT2D eigenvalue weighted by molar-refractivity contribution is -0.345. The minimum atomic E-state index is -2.19. The van der Waals surface area contributed by atoms with E-state index in [1.807, 2.05) is 19.0 Å². The summed E-state index contributed by atoms with van der Waals surface area (Å²) in [6, 6.07) is -0.0239. The van der Waals surface area contributed by atoms with E-state index in [2.05, 4.69) is 11.8 Å². The van der Waals surface area contributed by atoms with E-state index >= 15 is 0 Å². The summed E-state index contributed by atoms with van der Waals surface area (Å²) in [4.78, 5) is 34.3. The molecule has 8 nitrogen and oxygen atoms in total. The number of amides is 2. The van der Waals surface area contributed by atoms with Gasteiger partial charge in [-0.3, -0.25) is 4.90 Å². The highest BCUT2D eigenvalue weighted by molar-refractivity contribution is 6.25. The average molecular weight is 285 g/mol. The minimum Gasteiger partial charge on any atom is -0.543 e. The second-order valence-corrected chi connectivity index (χ2v) is 4.20. The topological polar surface area (TPSA) is 107 Å². The highest BCUT2D eigenvalue weighted by atomic mass is 16.4. The van der Waals surface area contributed by atoms with E-state index in [4.69, 9.17) is 19.8 Å². The molecule has 0 aromatic rings. The van der Waals surface area contributed by atoms with E-state index in [1.165, 1.54) is 4.90 Å². The molecule has 0 saturated heterocycles. The Kier molecular flexibility index (Phi) is 10.7. The Morgan fingerprint density at radius 1 is 0.850 bits per heavy atom. The van der Waals surface area contributed by atoms with Gasteiger partial charge in [-0.15, -0.1) is 0 Å². The monoisotopic (exact) mass is 285 g/mol. The summed E-state index contributed by atoms with van der Waals surface area (Å²) in [6.07, 6.45) is 0. The van der Waals surface area contributed by atoms with Crippen molar-refractivity contribution in [3.05, 3.63) is 0 Å². The van der Waals surface area contributed by atoms with Crippen LogP contribution in [0.1, 0.15) is 0 Å². The van der Waals surface area contributed by atoms with Crippen molar-refractivity contribution in [2.24, 2.45) is 0 Å². The van der Waals surface area contributed by atoms with Gasteiger partial charge in [0, 0.05) is 21.1 Å². The lowest BCUT2D eigenvalue weighted by Crippen LogP contribution is -2.42. The van der Waals surface area contributed by atoms with Crippen LogP contribution in [-0.2, 0) is 9.59 Å². The van der Waals surface area contributed by atoms with Crippen LogP contribution in [0.3, 0.4) is 0 Å². The van der Waals surface area contributed by atoms with Crippen molar-refractivity contribution < 1.29 is 24.6 Å². The zero-order valence-electron chi connectivity index (χ0n) is 12.3. The maximum Gasteiger partial charge on any atom is 0.320 e. The number of urea groups is 1. The van der Waals surface area contributed by atoms with Crippen LogP contribution in [0.15, 0.2) is 0 Å². The van der Waals surface area contributed by atoms with Gasteiger partial charge < -0.3 is 29.6 Å². The number of carbonyl (C=O) groups excluding carboxylic acids is 3. The van der Waals surface area contributed by atoms with Crippen LogP contribution in [0.5, 0.6) is 0 Å². The second-order valence-electron chi connectivity index (χ2n) is 4.20. The number of carboxylic acids is 2. The molecule has 0 aliphatic rings. The molecule has 0 saturated carbocycles. The Balaban J connectivity index is 0. The molecule has 0 bridgehead atoms. The van der Waals surface area contributed by atoms with Gasteiger partial charge in [0.25, 0.3) is 0 Å². The van der Waals surface area contributed by atoms with E-state index in [0.29, 0.717) is 6.54 Å². The molecule has 0 heterocycles. The Morgan fingerprint density at radius 2 is 1.25 bits per heavy atom. The maximum absolute atomic E-state index is 11.3. The van der Waals surface area contributed by atoms with Crippen molar-refractivity contribution in [3.8, 4) is 11.8 Å². The van der Waals surface area contributed by atoms with Crippen molar-refractivity contribution in [1.29, 1.82) is 0 Å². The molecule has 0 rings (SSSR count). The number of rotatable bonds is 2. The van der Waals surface area contributed by atoms with Crippen molar-refractivity contribution in [2.45, 2.75) is 0 Å². The molecule has 8 heteroatoms. The number of nitrogens with zero attached hydrogens (tertiary/aromatic N) is 3. The van der Waals surface area contributed by atoms with Gasteiger partial charge in [-0.2, -0.15) is 0 Å². The number of carbonyl (C=O) groups is 3. The molecule has 0 aromatic carbocycles. The highest BCUT2D eigenvalue weighted by Gasteiger charge is 2.07. The summed E-state index contributed by atoms with van der Waals surface area (Å²) in [5.41, 5.74) is 0. The van der Waals surface area contributed by atoms with Crippen molar-refractivity contribution in [1.82, 2.24) is 14.7 Å². The van der Waals surface area contributed by atoms with Gasteiger partial charge in [0.05, 0.1) is 25.0 Å². The second kappa shape index (κ2) is 10.6. The molecule has 0 fully saturated rings. The van der Waals surface area contributed by atoms with Crippen LogP contribution in [0.4, 0.5) is 4.79 Å². The first-order chi connectivity index (χ1) is 9.09. The molecule has 0 aliphatic carbocycles. The molecule has 0 aliphatic heterocycles. The summed E-state index contributed by atoms with van der Waals surface area (Å²) >= 11 is 0. The van der Waals surface area contributed by atoms with Crippen molar-refractivity contribution >= 4 is 18.0 Å². The molecule has 114 valence electrons. The summed E-state index contributed by atoms with van der Waals surface area (Å²) in [7, 11) is 9.12. The number of hydrogen-bond donors (Lipinski definition) is 0. The molecule has 0 aromatic heterocycles. The van der Waals surface area contributed by atoms with Crippen LogP contribution in [0.25, 0.3) is 0 Å². The first-order valence-corrected chi connectivity index (χ1v) is 5.54. The first-order valence-electron chi connectivity index (χ1n) is 5.54. The van der Waals surface area contributed by atoms with E-state index in [1.54, 1.807) is 26.0 Å². The Hall–Kier alpha value is -2.27. The number of hydrogen-bond acceptors (Lipinski definition) is 6. The summed E-state index contributed by atoms with van der Waals surface area (Å²) in [5.74, 6) is 1.54. The smallest absolute Gasteiger partial charge is 0.320 e. The fraction of sp³-hybridized carbons (Fsp3) is 0.583. The zero-order chi connectivity index (χ0) is 16.3. The Morgan fingerprint density at radius 3 is 1.55 bits per heavy atom. The van der Waals surface area contributed by atoms with Gasteiger partial charge in [0.15, 0.2) is 0 Å². The van der Waals surface area contributed by atoms with Gasteiger partial charge in [-0.05, 0) is 14.1 Å². The zero-order valence-corrected chi connectivity index (χ0v) is 12.3. The quantitative estimate of drug-likeness (QED) is 0.387. The van der Waals surface area contributed by atoms with Crippen LogP contribution in [-0.4, -0.2) is 81.0 Å². The summed E-state index contributed by atoms with van der Waals surface area (Å²) < 4.78 is 0. The van der Waals surface area contributed by atoms with E-state index in [9.17, 15) is 4.79 Å². The summed E-state index contributed by atoms with van der Waals surface area (Å²) in [5, 5.41) is 17.9. The number of aliphatic carboxylic acids is 2. The maximum atomic E-state index is 11.3. The Bertz CT molecular complexity index is 384. The lowest BCUT2D eigenvalue weighted by atomic mass is 10.5. The van der Waals surface area contributed by atoms with Gasteiger partial charge in [-0.25, -0.2) is 4.79 Å². The fourth-order valence-electron chi connectivity index (χ4n) is 0.798. The highest BCUT2D eigenvalue weighted by Crippen LogP contribution is 1.88. The Labute approximate surface area is 118 Å². The molecular weight excluding hydrogens is 266 g/mol. The fourth-order valence-corrected chi connectivity index (χ4v) is 0.798. The molecule has 0 N–H and O–H groups in total. The third-order valence-corrected chi connectivity index (χ3v) is 1.71. The van der Waals surface area contributed by atoms with Gasteiger partial charge in [0.1, 0.15) is 0 Å². The molecular formula is C12H19N3O5-2. The van der Waals surface area contributed by atoms with Crippen molar-refractivity contribution in [3.63, 3.8) is 0 Å². The number of carboxylic acid groups (broad SMARTS) is 2. The molecule has 0 radical (unpaired) electrons. The average Bonchev–Trinajstić information content (AvgIpc) is 2.33. The van der Waals surface area contributed by atoms with Gasteiger partial charge in [-0.1, -0.05) is 11.8 Å². The predicted octanol–water partition coefficient (Wildman–Crippen LogP) is -3.35. The SMILES string of the molecule is CN(C)CC#CCN(C)C(=O)N(C)C.O=C([O-])C(=O)[O-]. The molecule has 2 amide bonds. The first kappa shape index (κ1) is 20.1. The largest absolute Gasteiger partial charge is 0.543 e. The third-order valence-electron chi connectivity index (χ3n) is 1.71. The molecule has 0 spiro atoms. The van der Waals surface area contributed by atoms with Crippen LogP contribution in [0, 0.1) is 11.8 Å². The van der Waals surface area contributed by atoms with Crippen LogP contribution < -0.4 is 10.2 Å². The standard InChI is InChI=1S/C10H19N3O.C2H2O4/c1-11(2)8-6-7-9-13(5)10(14)12(3)4;3-1(4)2(5)6/h8-9H2,1-5H3;(H,3,4)(H,5,6)/p-2. The van der Waals surface area contributed by atoms with E-state index < -0.39 is 11.9 Å². The predicted molar refractivity (Wildman–Crippen MR) is 68.1 cm³/mol. The summed E-state index contributed by atoms with van der Waals surface area (Å²) in [6.45, 7) is 1.20. The van der Waals surface area contributed by atoms with Crippen molar-refractivity contribution in [2.75, 3.05) is 48.3 Å². The minimum absolute atomic E-state index is 0.0239. The van der Waals surface area contributed by atoms with E-state index in [0.717, 1.165) is 6.54 Å². The third kappa shape index (κ3) is 12.2.